The molecule has 0 bridgehead atoms. The fourth-order valence-electron chi connectivity index (χ4n) is 5.12. The van der Waals surface area contributed by atoms with Crippen molar-refractivity contribution < 1.29 is 33.6 Å². The number of Topliss-reactive ketones (excluding diaryl/α,β-unsaturated/α-hetero) is 1. The summed E-state index contributed by atoms with van der Waals surface area (Å²) in [5.74, 6) is -0.435. The molecule has 5 rings (SSSR count). The highest BCUT2D eigenvalue weighted by Crippen LogP contribution is 2.48. The van der Waals surface area contributed by atoms with E-state index in [4.69, 9.17) is 23.9 Å². The molecule has 1 fully saturated rings. The van der Waals surface area contributed by atoms with Gasteiger partial charge in [0.1, 0.15) is 11.5 Å². The molecule has 3 aromatic carbocycles. The van der Waals surface area contributed by atoms with E-state index in [-0.39, 0.29) is 11.3 Å². The van der Waals surface area contributed by atoms with Gasteiger partial charge in [-0.2, -0.15) is 0 Å². The molecule has 1 amide bonds. The fourth-order valence-corrected chi connectivity index (χ4v) is 6.29. The summed E-state index contributed by atoms with van der Waals surface area (Å²) in [6.07, 6.45) is 0. The van der Waals surface area contributed by atoms with E-state index in [2.05, 4.69) is 0 Å². The van der Waals surface area contributed by atoms with Crippen molar-refractivity contribution in [2.75, 3.05) is 32.8 Å². The van der Waals surface area contributed by atoms with Crippen LogP contribution in [0.15, 0.2) is 54.1 Å². The number of aromatic nitrogens is 1. The summed E-state index contributed by atoms with van der Waals surface area (Å²) < 4.78 is 23.1. The van der Waals surface area contributed by atoms with Gasteiger partial charge in [0.15, 0.2) is 16.6 Å². The highest BCUT2D eigenvalue weighted by molar-refractivity contribution is 7.22. The first-order valence-corrected chi connectivity index (χ1v) is 13.8. The van der Waals surface area contributed by atoms with Gasteiger partial charge in [-0.25, -0.2) is 4.98 Å². The number of ketones is 1. The third-order valence-corrected chi connectivity index (χ3v) is 7.89. The van der Waals surface area contributed by atoms with Gasteiger partial charge in [-0.15, -0.1) is 0 Å². The zero-order valence-corrected chi connectivity index (χ0v) is 24.4. The van der Waals surface area contributed by atoms with Crippen LogP contribution in [0.25, 0.3) is 16.0 Å². The molecule has 41 heavy (non-hydrogen) atoms. The van der Waals surface area contributed by atoms with Gasteiger partial charge in [-0.05, 0) is 67.8 Å². The lowest BCUT2D eigenvalue weighted by molar-refractivity contribution is -0.132. The number of hydrogen-bond acceptors (Lipinski definition) is 9. The quantitative estimate of drug-likeness (QED) is 0.156. The van der Waals surface area contributed by atoms with Crippen LogP contribution >= 0.6 is 11.3 Å². The summed E-state index contributed by atoms with van der Waals surface area (Å²) in [5, 5.41) is 11.9. The van der Waals surface area contributed by atoms with Crippen molar-refractivity contribution in [2.45, 2.75) is 26.8 Å². The summed E-state index contributed by atoms with van der Waals surface area (Å²) >= 11 is 1.30. The number of thiazole rings is 1. The monoisotopic (exact) mass is 574 g/mol. The molecule has 1 atom stereocenters. The SMILES string of the molecule is CCOc1cccc(/C(O)=C2\C(=O)C(=O)N(c3nc4c(C)cc(C)cc4s3)C2c2cc(OC)c(OC)c(OC)c2)c1. The number of aliphatic hydroxyl groups is 1. The number of rotatable bonds is 8. The third-order valence-electron chi connectivity index (χ3n) is 6.89. The minimum atomic E-state index is -1.04. The van der Waals surface area contributed by atoms with E-state index in [1.54, 1.807) is 36.4 Å². The van der Waals surface area contributed by atoms with Crippen molar-refractivity contribution >= 4 is 44.1 Å². The van der Waals surface area contributed by atoms with E-state index in [0.717, 1.165) is 21.3 Å². The largest absolute Gasteiger partial charge is 0.507 e. The summed E-state index contributed by atoms with van der Waals surface area (Å²) in [5.41, 5.74) is 3.46. The molecule has 0 radical (unpaired) electrons. The average molecular weight is 575 g/mol. The highest BCUT2D eigenvalue weighted by Gasteiger charge is 2.48. The lowest BCUT2D eigenvalue weighted by atomic mass is 9.94. The second kappa shape index (κ2) is 11.1. The van der Waals surface area contributed by atoms with Crippen LogP contribution < -0.4 is 23.8 Å². The number of carbonyl (C=O) groups is 2. The van der Waals surface area contributed by atoms with E-state index in [1.165, 1.54) is 37.6 Å². The van der Waals surface area contributed by atoms with E-state index in [1.807, 2.05) is 32.9 Å². The van der Waals surface area contributed by atoms with Crippen LogP contribution in [-0.4, -0.2) is 49.7 Å². The first-order chi connectivity index (χ1) is 19.7. The standard InChI is InChI=1S/C31H30N2O7S/c1-7-40-20-10-8-9-18(13-20)27(34)24-26(19-14-21(37-4)29(39-6)22(15-19)38-5)33(30(36)28(24)35)31-32-25-17(3)11-16(2)12-23(25)41-31/h8-15,26,34H,7H2,1-6H3/b27-24+. The van der Waals surface area contributed by atoms with Gasteiger partial charge in [-0.3, -0.25) is 14.5 Å². The molecule has 2 heterocycles. The Kier molecular flexibility index (Phi) is 7.59. The normalized spacial score (nSPS) is 16.3. The predicted octanol–water partition coefficient (Wildman–Crippen LogP) is 5.96. The van der Waals surface area contributed by atoms with Gasteiger partial charge in [0.05, 0.1) is 49.8 Å². The number of hydrogen-bond donors (Lipinski definition) is 1. The molecule has 0 saturated carbocycles. The Morgan fingerprint density at radius 3 is 2.34 bits per heavy atom. The predicted molar refractivity (Wildman–Crippen MR) is 158 cm³/mol. The molecule has 1 aliphatic rings. The first kappa shape index (κ1) is 28.0. The molecule has 1 aliphatic heterocycles. The number of carbonyl (C=O) groups excluding carboxylic acids is 2. The van der Waals surface area contributed by atoms with Gasteiger partial charge in [-0.1, -0.05) is 29.5 Å². The van der Waals surface area contributed by atoms with Crippen LogP contribution in [0, 0.1) is 13.8 Å². The van der Waals surface area contributed by atoms with Crippen molar-refractivity contribution in [1.29, 1.82) is 0 Å². The van der Waals surface area contributed by atoms with Gasteiger partial charge < -0.3 is 24.1 Å². The zero-order chi connectivity index (χ0) is 29.4. The third kappa shape index (κ3) is 4.84. The number of benzene rings is 3. The summed E-state index contributed by atoms with van der Waals surface area (Å²) in [6, 6.07) is 13.0. The first-order valence-electron chi connectivity index (χ1n) is 12.9. The van der Waals surface area contributed by atoms with Crippen LogP contribution in [0.2, 0.25) is 0 Å². The summed E-state index contributed by atoms with van der Waals surface area (Å²) in [6.45, 7) is 6.22. The van der Waals surface area contributed by atoms with Crippen molar-refractivity contribution in [3.63, 3.8) is 0 Å². The van der Waals surface area contributed by atoms with Crippen LogP contribution in [0.1, 0.15) is 35.2 Å². The van der Waals surface area contributed by atoms with Crippen LogP contribution in [-0.2, 0) is 9.59 Å². The Balaban J connectivity index is 1.79. The Morgan fingerprint density at radius 2 is 1.71 bits per heavy atom. The fraction of sp³-hybridized carbons (Fsp3) is 0.258. The van der Waals surface area contributed by atoms with Crippen LogP contribution in [0.4, 0.5) is 5.13 Å². The lowest BCUT2D eigenvalue weighted by Gasteiger charge is -2.24. The number of aliphatic hydroxyl groups excluding tert-OH is 1. The highest BCUT2D eigenvalue weighted by atomic mass is 32.1. The molecule has 1 N–H and O–H groups in total. The van der Waals surface area contributed by atoms with Crippen molar-refractivity contribution in [1.82, 2.24) is 4.98 Å². The smallest absolute Gasteiger partial charge is 0.301 e. The Bertz CT molecular complexity index is 1680. The Morgan fingerprint density at radius 1 is 1.00 bits per heavy atom. The molecular formula is C31H30N2O7S. The van der Waals surface area contributed by atoms with Gasteiger partial charge in [0.2, 0.25) is 5.75 Å². The van der Waals surface area contributed by atoms with E-state index in [9.17, 15) is 14.7 Å². The molecule has 0 aliphatic carbocycles. The van der Waals surface area contributed by atoms with Crippen LogP contribution in [0.3, 0.4) is 0 Å². The molecule has 1 aromatic heterocycles. The minimum absolute atomic E-state index is 0.0925. The topological polar surface area (TPSA) is 107 Å². The summed E-state index contributed by atoms with van der Waals surface area (Å²) in [4.78, 5) is 33.6. The zero-order valence-electron chi connectivity index (χ0n) is 23.6. The summed E-state index contributed by atoms with van der Waals surface area (Å²) in [7, 11) is 4.45. The number of aryl methyl sites for hydroxylation is 2. The number of ether oxygens (including phenoxy) is 4. The van der Waals surface area contributed by atoms with E-state index < -0.39 is 17.7 Å². The second-order valence-electron chi connectivity index (χ2n) is 9.51. The average Bonchev–Trinajstić information content (AvgIpc) is 3.50. The number of methoxy groups -OCH3 is 3. The number of nitrogens with zero attached hydrogens (tertiary/aromatic N) is 2. The minimum Gasteiger partial charge on any atom is -0.507 e. The molecule has 0 spiro atoms. The number of amides is 1. The lowest BCUT2D eigenvalue weighted by Crippen LogP contribution is -2.29. The second-order valence-corrected chi connectivity index (χ2v) is 10.5. The maximum Gasteiger partial charge on any atom is 0.301 e. The molecular weight excluding hydrogens is 544 g/mol. The van der Waals surface area contributed by atoms with Crippen LogP contribution in [0.5, 0.6) is 23.0 Å². The maximum absolute atomic E-state index is 13.8. The van der Waals surface area contributed by atoms with Crippen molar-refractivity contribution in [3.05, 3.63) is 76.4 Å². The molecule has 4 aromatic rings. The van der Waals surface area contributed by atoms with Crippen molar-refractivity contribution in [2.24, 2.45) is 0 Å². The van der Waals surface area contributed by atoms with Gasteiger partial charge in [0.25, 0.3) is 5.78 Å². The van der Waals surface area contributed by atoms with Gasteiger partial charge >= 0.3 is 5.91 Å². The number of fused-ring (bicyclic) bond motifs is 1. The molecule has 1 saturated heterocycles. The maximum atomic E-state index is 13.8. The molecule has 212 valence electrons. The van der Waals surface area contributed by atoms with Gasteiger partial charge in [0, 0.05) is 5.56 Å². The molecule has 10 heteroatoms. The van der Waals surface area contributed by atoms with Crippen molar-refractivity contribution in [3.8, 4) is 23.0 Å². The Hall–Kier alpha value is -4.57. The van der Waals surface area contributed by atoms with E-state index in [0.29, 0.717) is 45.9 Å². The van der Waals surface area contributed by atoms with E-state index >= 15 is 0 Å². The Labute approximate surface area is 241 Å². The molecule has 1 unspecified atom stereocenters. The molecule has 9 nitrogen and oxygen atoms in total. The number of anilines is 1.